The molecule has 130 valence electrons. The summed E-state index contributed by atoms with van der Waals surface area (Å²) in [6, 6.07) is 11.6. The molecule has 0 aliphatic carbocycles. The van der Waals surface area contributed by atoms with Gasteiger partial charge in [0.05, 0.1) is 16.7 Å². The van der Waals surface area contributed by atoms with Gasteiger partial charge in [-0.3, -0.25) is 15.5 Å². The van der Waals surface area contributed by atoms with Crippen molar-refractivity contribution in [2.75, 3.05) is 5.43 Å². The molecule has 0 heterocycles. The number of anilines is 1. The first kappa shape index (κ1) is 18.2. The van der Waals surface area contributed by atoms with Crippen LogP contribution < -0.4 is 5.43 Å². The number of nitro benzene ring substituents is 1. The molecule has 0 spiro atoms. The summed E-state index contributed by atoms with van der Waals surface area (Å²) >= 11 is 0. The maximum Gasteiger partial charge on any atom is 0.416 e. The summed E-state index contributed by atoms with van der Waals surface area (Å²) in [6.07, 6.45) is -1.39. The fraction of sp³-hybridized carbons (Fsp3) is 0.118. The van der Waals surface area contributed by atoms with E-state index >= 15 is 0 Å². The predicted molar refractivity (Wildman–Crippen MR) is 90.3 cm³/mol. The number of hydrogen-bond acceptors (Lipinski definition) is 4. The average Bonchev–Trinajstić information content (AvgIpc) is 2.54. The molecule has 0 aliphatic rings. The van der Waals surface area contributed by atoms with Crippen molar-refractivity contribution in [2.45, 2.75) is 13.1 Å². The Morgan fingerprint density at radius 3 is 2.48 bits per heavy atom. The zero-order valence-electron chi connectivity index (χ0n) is 13.1. The summed E-state index contributed by atoms with van der Waals surface area (Å²) in [7, 11) is 0. The van der Waals surface area contributed by atoms with E-state index in [4.69, 9.17) is 0 Å². The summed E-state index contributed by atoms with van der Waals surface area (Å²) < 4.78 is 37.9. The zero-order chi connectivity index (χ0) is 18.4. The van der Waals surface area contributed by atoms with E-state index in [1.807, 2.05) is 36.4 Å². The third-order valence-electron chi connectivity index (χ3n) is 3.17. The Hall–Kier alpha value is -3.16. The average molecular weight is 349 g/mol. The summed E-state index contributed by atoms with van der Waals surface area (Å²) in [5, 5.41) is 14.8. The van der Waals surface area contributed by atoms with E-state index in [1.165, 1.54) is 6.21 Å². The molecule has 2 rings (SSSR count). The Morgan fingerprint density at radius 1 is 1.20 bits per heavy atom. The number of rotatable bonds is 5. The molecule has 0 aromatic heterocycles. The van der Waals surface area contributed by atoms with Gasteiger partial charge < -0.3 is 0 Å². The Morgan fingerprint density at radius 2 is 1.88 bits per heavy atom. The van der Waals surface area contributed by atoms with Gasteiger partial charge in [-0.05, 0) is 30.2 Å². The molecule has 2 aromatic rings. The van der Waals surface area contributed by atoms with Crippen molar-refractivity contribution in [3.05, 3.63) is 75.3 Å². The van der Waals surface area contributed by atoms with E-state index in [0.717, 1.165) is 23.3 Å². The lowest BCUT2D eigenvalue weighted by molar-refractivity contribution is -0.384. The van der Waals surface area contributed by atoms with E-state index < -0.39 is 22.4 Å². The highest BCUT2D eigenvalue weighted by atomic mass is 19.4. The van der Waals surface area contributed by atoms with Crippen LogP contribution in [-0.2, 0) is 6.18 Å². The summed E-state index contributed by atoms with van der Waals surface area (Å²) in [5.74, 6) is 0. The number of allylic oxidation sites excluding steroid dienone is 1. The second-order valence-corrected chi connectivity index (χ2v) is 5.16. The standard InChI is InChI=1S/C17H14F3N3O2/c1-12(9-13-5-3-2-4-6-13)11-21-22-15-8-7-14(17(18,19)20)10-16(15)23(24)25/h2-11,22H,1H3. The summed E-state index contributed by atoms with van der Waals surface area (Å²) in [5.41, 5.74) is 2.21. The van der Waals surface area contributed by atoms with Gasteiger partial charge in [0.25, 0.3) is 5.69 Å². The highest BCUT2D eigenvalue weighted by Gasteiger charge is 2.33. The van der Waals surface area contributed by atoms with E-state index in [-0.39, 0.29) is 5.69 Å². The van der Waals surface area contributed by atoms with Gasteiger partial charge in [0, 0.05) is 6.07 Å². The molecule has 0 unspecified atom stereocenters. The number of hydrogen-bond donors (Lipinski definition) is 1. The van der Waals surface area contributed by atoms with Crippen LogP contribution >= 0.6 is 0 Å². The van der Waals surface area contributed by atoms with Crippen molar-refractivity contribution >= 4 is 23.7 Å². The van der Waals surface area contributed by atoms with Gasteiger partial charge in [-0.25, -0.2) is 0 Å². The number of alkyl halides is 3. The molecule has 0 saturated heterocycles. The van der Waals surface area contributed by atoms with Gasteiger partial charge in [0.1, 0.15) is 5.69 Å². The number of nitro groups is 1. The molecule has 1 N–H and O–H groups in total. The smallest absolute Gasteiger partial charge is 0.272 e. The Kier molecular flexibility index (Phi) is 5.53. The molecular weight excluding hydrogens is 335 g/mol. The van der Waals surface area contributed by atoms with Crippen molar-refractivity contribution in [2.24, 2.45) is 5.10 Å². The molecule has 5 nitrogen and oxygen atoms in total. The van der Waals surface area contributed by atoms with Crippen LogP contribution in [-0.4, -0.2) is 11.1 Å². The molecule has 0 saturated carbocycles. The summed E-state index contributed by atoms with van der Waals surface area (Å²) in [6.45, 7) is 1.78. The lowest BCUT2D eigenvalue weighted by Gasteiger charge is -2.08. The molecule has 0 fully saturated rings. The monoisotopic (exact) mass is 349 g/mol. The number of nitrogens with one attached hydrogen (secondary N) is 1. The SMILES string of the molecule is CC(C=NNc1ccc(C(F)(F)F)cc1[N+](=O)[O-])=Cc1ccccc1. The second kappa shape index (κ2) is 7.61. The quantitative estimate of drug-likeness (QED) is 0.463. The van der Waals surface area contributed by atoms with E-state index in [0.29, 0.717) is 6.07 Å². The van der Waals surface area contributed by atoms with Crippen LogP contribution in [0.25, 0.3) is 6.08 Å². The van der Waals surface area contributed by atoms with Crippen molar-refractivity contribution in [3.8, 4) is 0 Å². The molecule has 25 heavy (non-hydrogen) atoms. The van der Waals surface area contributed by atoms with Crippen molar-refractivity contribution in [1.82, 2.24) is 0 Å². The lowest BCUT2D eigenvalue weighted by Crippen LogP contribution is -2.06. The normalized spacial score (nSPS) is 12.4. The lowest BCUT2D eigenvalue weighted by atomic mass is 10.1. The van der Waals surface area contributed by atoms with E-state index in [2.05, 4.69) is 10.5 Å². The van der Waals surface area contributed by atoms with Gasteiger partial charge in [0.2, 0.25) is 0 Å². The highest BCUT2D eigenvalue weighted by Crippen LogP contribution is 2.34. The predicted octanol–water partition coefficient (Wildman–Crippen LogP) is 5.11. The fourth-order valence-electron chi connectivity index (χ4n) is 2.01. The third kappa shape index (κ3) is 5.17. The largest absolute Gasteiger partial charge is 0.416 e. The first-order valence-corrected chi connectivity index (χ1v) is 7.15. The van der Waals surface area contributed by atoms with Gasteiger partial charge in [-0.1, -0.05) is 36.4 Å². The topological polar surface area (TPSA) is 67.5 Å². The van der Waals surface area contributed by atoms with Crippen LogP contribution in [0, 0.1) is 10.1 Å². The van der Waals surface area contributed by atoms with Crippen molar-refractivity contribution < 1.29 is 18.1 Å². The maximum absolute atomic E-state index is 12.6. The Labute approximate surface area is 141 Å². The zero-order valence-corrected chi connectivity index (χ0v) is 13.1. The van der Waals surface area contributed by atoms with Crippen LogP contribution in [0.3, 0.4) is 0 Å². The Balaban J connectivity index is 2.17. The second-order valence-electron chi connectivity index (χ2n) is 5.16. The van der Waals surface area contributed by atoms with Gasteiger partial charge in [0.15, 0.2) is 0 Å². The van der Waals surface area contributed by atoms with E-state index in [1.54, 1.807) is 6.92 Å². The number of hydrazone groups is 1. The van der Waals surface area contributed by atoms with Crippen LogP contribution in [0.5, 0.6) is 0 Å². The fourth-order valence-corrected chi connectivity index (χ4v) is 2.01. The minimum Gasteiger partial charge on any atom is -0.272 e. The molecule has 0 bridgehead atoms. The third-order valence-corrected chi connectivity index (χ3v) is 3.17. The van der Waals surface area contributed by atoms with Crippen LogP contribution in [0.1, 0.15) is 18.1 Å². The first-order chi connectivity index (χ1) is 11.8. The molecule has 0 amide bonds. The number of halogens is 3. The Bertz CT molecular complexity index is 816. The van der Waals surface area contributed by atoms with Gasteiger partial charge in [-0.2, -0.15) is 18.3 Å². The minimum absolute atomic E-state index is 0.123. The molecule has 0 atom stereocenters. The van der Waals surface area contributed by atoms with Crippen LogP contribution in [0.2, 0.25) is 0 Å². The summed E-state index contributed by atoms with van der Waals surface area (Å²) in [4.78, 5) is 10.1. The van der Waals surface area contributed by atoms with Gasteiger partial charge in [-0.15, -0.1) is 0 Å². The first-order valence-electron chi connectivity index (χ1n) is 7.15. The molecule has 8 heteroatoms. The van der Waals surface area contributed by atoms with Crippen molar-refractivity contribution in [3.63, 3.8) is 0 Å². The number of nitrogens with zero attached hydrogens (tertiary/aromatic N) is 2. The van der Waals surface area contributed by atoms with Crippen molar-refractivity contribution in [1.29, 1.82) is 0 Å². The highest BCUT2D eigenvalue weighted by molar-refractivity contribution is 5.85. The molecule has 2 aromatic carbocycles. The number of benzene rings is 2. The molecule has 0 radical (unpaired) electrons. The van der Waals surface area contributed by atoms with Gasteiger partial charge >= 0.3 is 6.18 Å². The van der Waals surface area contributed by atoms with Crippen LogP contribution in [0.4, 0.5) is 24.5 Å². The van der Waals surface area contributed by atoms with E-state index in [9.17, 15) is 23.3 Å². The maximum atomic E-state index is 12.6. The molecule has 0 aliphatic heterocycles. The molecular formula is C17H14F3N3O2. The minimum atomic E-state index is -4.65. The van der Waals surface area contributed by atoms with Crippen LogP contribution in [0.15, 0.2) is 59.2 Å².